The zero-order valence-corrected chi connectivity index (χ0v) is 26.1. The number of hydrogen-bond donors (Lipinski definition) is 3. The van der Waals surface area contributed by atoms with Gasteiger partial charge in [-0.2, -0.15) is 0 Å². The Morgan fingerprint density at radius 3 is 1.84 bits per heavy atom. The number of hydrogen-bond acceptors (Lipinski definition) is 8. The van der Waals surface area contributed by atoms with Crippen LogP contribution in [0, 0.1) is 0 Å². The number of rotatable bonds is 22. The number of aryl methyl sites for hydroxylation is 1. The van der Waals surface area contributed by atoms with Gasteiger partial charge >= 0.3 is 23.9 Å². The molecule has 0 aliphatic carbocycles. The van der Waals surface area contributed by atoms with Crippen LogP contribution >= 0.6 is 0 Å². The molecule has 0 heterocycles. The number of carbonyl (C=O) groups excluding carboxylic acids is 3. The van der Waals surface area contributed by atoms with Crippen molar-refractivity contribution >= 4 is 29.8 Å². The van der Waals surface area contributed by atoms with Crippen LogP contribution in [-0.2, 0) is 51.2 Å². The lowest BCUT2D eigenvalue weighted by molar-refractivity contribution is -0.158. The van der Waals surface area contributed by atoms with Gasteiger partial charge in [-0.1, -0.05) is 93.6 Å². The van der Waals surface area contributed by atoms with Gasteiger partial charge in [0.1, 0.15) is 31.6 Å². The number of benzene rings is 2. The first kappa shape index (κ1) is 36.9. The summed E-state index contributed by atoms with van der Waals surface area (Å²) >= 11 is 0. The number of carboxylic acids is 2. The second kappa shape index (κ2) is 19.9. The Morgan fingerprint density at radius 1 is 0.756 bits per heavy atom. The largest absolute Gasteiger partial charge is 0.481 e. The normalized spacial score (nSPS) is 11.8. The van der Waals surface area contributed by atoms with E-state index in [1.807, 2.05) is 54.6 Å². The van der Waals surface area contributed by atoms with Crippen LogP contribution in [0.2, 0.25) is 0 Å². The first-order valence-corrected chi connectivity index (χ1v) is 15.3. The molecule has 2 aromatic rings. The summed E-state index contributed by atoms with van der Waals surface area (Å²) in [4.78, 5) is 58.9. The van der Waals surface area contributed by atoms with E-state index < -0.39 is 67.5 Å². The second-order valence-electron chi connectivity index (χ2n) is 11.2. The Balaban J connectivity index is 2.36. The van der Waals surface area contributed by atoms with Gasteiger partial charge in [-0.05, 0) is 29.5 Å². The lowest BCUT2D eigenvalue weighted by Crippen LogP contribution is -2.56. The number of ether oxygens (including phenoxy) is 3. The van der Waals surface area contributed by atoms with Crippen molar-refractivity contribution in [3.8, 4) is 0 Å². The quantitative estimate of drug-likeness (QED) is 0.0903. The summed E-state index contributed by atoms with van der Waals surface area (Å²) in [5.74, 6) is -5.47. The minimum atomic E-state index is -1.58. The third-order valence-electron chi connectivity index (χ3n) is 7.09. The summed E-state index contributed by atoms with van der Waals surface area (Å²) in [7, 11) is 0. The summed E-state index contributed by atoms with van der Waals surface area (Å²) in [5.41, 5.74) is 1.22. The van der Waals surface area contributed by atoms with Gasteiger partial charge in [0.05, 0.1) is 12.7 Å². The standard InChI is InChI=1S/C34H45NO10/c1-3-4-5-6-7-9-12-26-15-17-28(18-16-26)29(43-22-27-13-10-8-11-14-27)21-34(35-25(2)36,23-44-32(41)19-30(37)38)24-45-33(42)20-31(39)40/h8,10-11,13-18,29H,3-7,9,12,19-24H2,1-2H3,(H,35,36)(H,37,38)(H,39,40). The van der Waals surface area contributed by atoms with Crippen LogP contribution in [0.1, 0.15) is 94.4 Å². The van der Waals surface area contributed by atoms with Gasteiger partial charge in [0.25, 0.3) is 0 Å². The van der Waals surface area contributed by atoms with Gasteiger partial charge in [-0.25, -0.2) is 0 Å². The van der Waals surface area contributed by atoms with E-state index >= 15 is 0 Å². The summed E-state index contributed by atoms with van der Waals surface area (Å²) in [6.45, 7) is 2.50. The average Bonchev–Trinajstić information content (AvgIpc) is 2.99. The van der Waals surface area contributed by atoms with Crippen molar-refractivity contribution in [3.63, 3.8) is 0 Å². The van der Waals surface area contributed by atoms with Crippen molar-refractivity contribution in [2.24, 2.45) is 0 Å². The third-order valence-corrected chi connectivity index (χ3v) is 7.09. The highest BCUT2D eigenvalue weighted by Gasteiger charge is 2.39. The molecule has 0 spiro atoms. The van der Waals surface area contributed by atoms with Crippen LogP contribution in [0.3, 0.4) is 0 Å². The minimum Gasteiger partial charge on any atom is -0.481 e. The van der Waals surface area contributed by atoms with E-state index in [0.29, 0.717) is 0 Å². The Labute approximate surface area is 264 Å². The summed E-state index contributed by atoms with van der Waals surface area (Å²) in [5, 5.41) is 20.7. The molecule has 0 aliphatic heterocycles. The van der Waals surface area contributed by atoms with E-state index in [-0.39, 0.29) is 13.0 Å². The van der Waals surface area contributed by atoms with Crippen molar-refractivity contribution in [2.75, 3.05) is 13.2 Å². The van der Waals surface area contributed by atoms with Gasteiger partial charge in [0.2, 0.25) is 5.91 Å². The molecule has 246 valence electrons. The first-order chi connectivity index (χ1) is 21.5. The lowest BCUT2D eigenvalue weighted by atomic mass is 9.89. The molecule has 0 fully saturated rings. The summed E-state index contributed by atoms with van der Waals surface area (Å²) in [6, 6.07) is 17.3. The number of aliphatic carboxylic acids is 2. The molecule has 0 aliphatic rings. The summed E-state index contributed by atoms with van der Waals surface area (Å²) < 4.78 is 16.8. The van der Waals surface area contributed by atoms with E-state index in [1.165, 1.54) is 32.6 Å². The predicted molar refractivity (Wildman–Crippen MR) is 165 cm³/mol. The fraction of sp³-hybridized carbons (Fsp3) is 0.500. The van der Waals surface area contributed by atoms with Gasteiger partial charge in [-0.15, -0.1) is 0 Å². The van der Waals surface area contributed by atoms with Crippen molar-refractivity contribution in [1.29, 1.82) is 0 Å². The van der Waals surface area contributed by atoms with Crippen LogP contribution in [0.15, 0.2) is 54.6 Å². The van der Waals surface area contributed by atoms with Gasteiger partial charge in [0.15, 0.2) is 0 Å². The Hall–Kier alpha value is -4.25. The molecule has 0 bridgehead atoms. The number of amides is 1. The predicted octanol–water partition coefficient (Wildman–Crippen LogP) is 5.15. The van der Waals surface area contributed by atoms with E-state index in [2.05, 4.69) is 12.2 Å². The van der Waals surface area contributed by atoms with Gasteiger partial charge < -0.3 is 29.7 Å². The highest BCUT2D eigenvalue weighted by atomic mass is 16.6. The Morgan fingerprint density at radius 2 is 1.31 bits per heavy atom. The van der Waals surface area contributed by atoms with Crippen LogP contribution in [0.4, 0.5) is 0 Å². The average molecular weight is 628 g/mol. The van der Waals surface area contributed by atoms with Crippen LogP contribution in [0.25, 0.3) is 0 Å². The number of unbranched alkanes of at least 4 members (excludes halogenated alkanes) is 5. The molecule has 1 amide bonds. The molecule has 2 aromatic carbocycles. The van der Waals surface area contributed by atoms with Crippen molar-refractivity contribution < 1.29 is 48.4 Å². The Kier molecular flexibility index (Phi) is 16.3. The van der Waals surface area contributed by atoms with E-state index in [1.54, 1.807) is 0 Å². The highest BCUT2D eigenvalue weighted by Crippen LogP contribution is 2.31. The van der Waals surface area contributed by atoms with E-state index in [4.69, 9.17) is 24.4 Å². The maximum atomic E-state index is 12.4. The zero-order chi connectivity index (χ0) is 33.1. The van der Waals surface area contributed by atoms with Crippen molar-refractivity contribution in [2.45, 2.75) is 96.3 Å². The monoisotopic (exact) mass is 627 g/mol. The van der Waals surface area contributed by atoms with Crippen LogP contribution in [-0.4, -0.2) is 58.8 Å². The maximum Gasteiger partial charge on any atom is 0.317 e. The molecule has 45 heavy (non-hydrogen) atoms. The summed E-state index contributed by atoms with van der Waals surface area (Å²) in [6.07, 6.45) is 5.46. The first-order valence-electron chi connectivity index (χ1n) is 15.3. The van der Waals surface area contributed by atoms with E-state index in [9.17, 15) is 24.0 Å². The zero-order valence-electron chi connectivity index (χ0n) is 26.1. The molecule has 1 atom stereocenters. The fourth-order valence-corrected chi connectivity index (χ4v) is 4.85. The molecule has 0 radical (unpaired) electrons. The van der Waals surface area contributed by atoms with Crippen LogP contribution in [0.5, 0.6) is 0 Å². The lowest BCUT2D eigenvalue weighted by Gasteiger charge is -2.36. The second-order valence-corrected chi connectivity index (χ2v) is 11.2. The Bertz CT molecular complexity index is 1200. The molecule has 11 heteroatoms. The maximum absolute atomic E-state index is 12.4. The number of esters is 2. The van der Waals surface area contributed by atoms with Crippen molar-refractivity contribution in [1.82, 2.24) is 5.32 Å². The molecular formula is C34H45NO10. The molecule has 0 aromatic heterocycles. The van der Waals surface area contributed by atoms with E-state index in [0.717, 1.165) is 36.0 Å². The topological polar surface area (TPSA) is 166 Å². The molecule has 1 unspecified atom stereocenters. The third kappa shape index (κ3) is 15.3. The SMILES string of the molecule is CCCCCCCCc1ccc(C(CC(COC(=O)CC(=O)O)(COC(=O)CC(=O)O)NC(C)=O)OCc2ccccc2)cc1. The minimum absolute atomic E-state index is 0.0586. The molecule has 2 rings (SSSR count). The molecule has 0 saturated heterocycles. The van der Waals surface area contributed by atoms with Gasteiger partial charge in [-0.3, -0.25) is 24.0 Å². The number of nitrogens with one attached hydrogen (secondary N) is 1. The molecule has 11 nitrogen and oxygen atoms in total. The molecular weight excluding hydrogens is 582 g/mol. The highest BCUT2D eigenvalue weighted by molar-refractivity contribution is 5.90. The van der Waals surface area contributed by atoms with Crippen LogP contribution < -0.4 is 5.32 Å². The fourth-order valence-electron chi connectivity index (χ4n) is 4.85. The van der Waals surface area contributed by atoms with Gasteiger partial charge in [0, 0.05) is 13.3 Å². The molecule has 0 saturated carbocycles. The number of carboxylic acid groups (broad SMARTS) is 2. The van der Waals surface area contributed by atoms with Crippen molar-refractivity contribution in [3.05, 3.63) is 71.3 Å². The smallest absolute Gasteiger partial charge is 0.317 e. The molecule has 3 N–H and O–H groups in total. The number of carbonyl (C=O) groups is 5.